The molecule has 0 amide bonds. The minimum atomic E-state index is -1.18. The molecule has 0 aliphatic carbocycles. The van der Waals surface area contributed by atoms with Crippen LogP contribution in [0, 0.1) is 0 Å². The maximum atomic E-state index is 13.9. The van der Waals surface area contributed by atoms with E-state index >= 15 is 0 Å². The van der Waals surface area contributed by atoms with Gasteiger partial charge in [0, 0.05) is 50.7 Å². The second-order valence-corrected chi connectivity index (χ2v) is 20.9. The number of ether oxygens (including phenoxy) is 14. The molecule has 6 atom stereocenters. The smallest absolute Gasteiger partial charge is 0.353 e. The Balaban J connectivity index is 1.07. The van der Waals surface area contributed by atoms with Gasteiger partial charge in [0.1, 0.15) is 25.2 Å². The fraction of sp³-hybridized carbons (Fsp3) is 0.541. The molecular formula is C61H84N2O18+2. The van der Waals surface area contributed by atoms with Crippen LogP contribution >= 0.6 is 0 Å². The predicted octanol–water partition coefficient (Wildman–Crippen LogP) is 7.95. The zero-order chi connectivity index (χ0) is 59.0. The number of quaternary nitrogens is 2. The summed E-state index contributed by atoms with van der Waals surface area (Å²) < 4.78 is 80.7. The third-order valence-electron chi connectivity index (χ3n) is 15.7. The zero-order valence-corrected chi connectivity index (χ0v) is 49.8. The van der Waals surface area contributed by atoms with E-state index in [-0.39, 0.29) is 38.4 Å². The number of likely N-dealkylation sites (N-methyl/N-ethyl adjacent to an activating group) is 2. The van der Waals surface area contributed by atoms with Gasteiger partial charge in [0.05, 0.1) is 111 Å². The number of methoxy groups -OCH3 is 10. The first-order chi connectivity index (χ1) is 38.9. The van der Waals surface area contributed by atoms with Crippen LogP contribution in [0.1, 0.15) is 91.4 Å². The van der Waals surface area contributed by atoms with Crippen molar-refractivity contribution in [2.45, 2.75) is 95.9 Å². The fourth-order valence-electron chi connectivity index (χ4n) is 11.5. The van der Waals surface area contributed by atoms with Gasteiger partial charge in [-0.2, -0.15) is 0 Å². The van der Waals surface area contributed by atoms with E-state index in [1.807, 2.05) is 48.5 Å². The quantitative estimate of drug-likeness (QED) is 0.0211. The Morgan fingerprint density at radius 1 is 0.432 bits per heavy atom. The maximum absolute atomic E-state index is 13.9. The Morgan fingerprint density at radius 3 is 1.04 bits per heavy atom. The van der Waals surface area contributed by atoms with E-state index in [9.17, 15) is 19.2 Å². The molecule has 81 heavy (non-hydrogen) atoms. The van der Waals surface area contributed by atoms with Crippen molar-refractivity contribution in [1.82, 2.24) is 0 Å². The summed E-state index contributed by atoms with van der Waals surface area (Å²) in [5.74, 6) is 2.91. The van der Waals surface area contributed by atoms with Gasteiger partial charge in [-0.15, -0.1) is 0 Å². The molecule has 0 aromatic heterocycles. The Hall–Kier alpha value is -7.32. The van der Waals surface area contributed by atoms with Gasteiger partial charge in [0.25, 0.3) is 0 Å². The van der Waals surface area contributed by atoms with E-state index in [1.165, 1.54) is 13.8 Å². The monoisotopic (exact) mass is 1130 g/mol. The lowest BCUT2D eigenvalue weighted by Gasteiger charge is -2.46. The van der Waals surface area contributed by atoms with Gasteiger partial charge in [0.15, 0.2) is 46.0 Å². The third kappa shape index (κ3) is 15.2. The van der Waals surface area contributed by atoms with Crippen LogP contribution in [0.5, 0.6) is 57.5 Å². The topological polar surface area (TPSA) is 197 Å². The van der Waals surface area contributed by atoms with Crippen molar-refractivity contribution in [2.24, 2.45) is 0 Å². The van der Waals surface area contributed by atoms with Crippen molar-refractivity contribution in [3.05, 3.63) is 81.9 Å². The van der Waals surface area contributed by atoms with E-state index in [0.717, 1.165) is 52.6 Å². The number of rotatable bonds is 30. The molecule has 6 rings (SSSR count). The summed E-state index contributed by atoms with van der Waals surface area (Å²) in [6.45, 7) is 4.32. The van der Waals surface area contributed by atoms with Crippen LogP contribution in [-0.4, -0.2) is 170 Å². The summed E-state index contributed by atoms with van der Waals surface area (Å²) in [4.78, 5) is 53.0. The van der Waals surface area contributed by atoms with Crippen molar-refractivity contribution in [1.29, 1.82) is 0 Å². The summed E-state index contributed by atoms with van der Waals surface area (Å²) in [6.07, 6.45) is 3.28. The molecule has 0 saturated carbocycles. The summed E-state index contributed by atoms with van der Waals surface area (Å²) in [7, 11) is 19.9. The summed E-state index contributed by atoms with van der Waals surface area (Å²) in [6, 6.07) is 15.1. The van der Waals surface area contributed by atoms with E-state index in [0.29, 0.717) is 118 Å². The molecule has 20 heteroatoms. The van der Waals surface area contributed by atoms with Gasteiger partial charge >= 0.3 is 23.9 Å². The van der Waals surface area contributed by atoms with E-state index in [4.69, 9.17) is 66.3 Å². The van der Waals surface area contributed by atoms with Crippen molar-refractivity contribution < 1.29 is 94.5 Å². The molecule has 0 spiro atoms. The summed E-state index contributed by atoms with van der Waals surface area (Å²) in [5, 5.41) is 0. The highest BCUT2D eigenvalue weighted by Crippen LogP contribution is 2.47. The summed E-state index contributed by atoms with van der Waals surface area (Å²) in [5.41, 5.74) is 5.97. The minimum absolute atomic E-state index is 0.121. The lowest BCUT2D eigenvalue weighted by Crippen LogP contribution is -2.57. The summed E-state index contributed by atoms with van der Waals surface area (Å²) >= 11 is 0. The molecule has 0 radical (unpaired) electrons. The molecule has 20 nitrogen and oxygen atoms in total. The molecule has 6 unspecified atom stereocenters. The van der Waals surface area contributed by atoms with Gasteiger partial charge < -0.3 is 75.3 Å². The van der Waals surface area contributed by atoms with Crippen molar-refractivity contribution in [3.63, 3.8) is 0 Å². The third-order valence-corrected chi connectivity index (χ3v) is 15.7. The number of esters is 4. The van der Waals surface area contributed by atoms with Gasteiger partial charge in [-0.3, -0.25) is 9.59 Å². The van der Waals surface area contributed by atoms with Crippen molar-refractivity contribution >= 4 is 23.9 Å². The molecule has 4 aromatic rings. The number of fused-ring (bicyclic) bond motifs is 2. The number of unbranched alkanes of at least 4 members (excludes halogenated alkanes) is 4. The largest absolute Gasteiger partial charge is 0.493 e. The van der Waals surface area contributed by atoms with Crippen LogP contribution in [0.25, 0.3) is 0 Å². The Kier molecular flexibility index (Phi) is 22.4. The van der Waals surface area contributed by atoms with Crippen LogP contribution in [0.4, 0.5) is 0 Å². The lowest BCUT2D eigenvalue weighted by molar-refractivity contribution is -0.943. The van der Waals surface area contributed by atoms with Crippen LogP contribution in [0.15, 0.2) is 48.5 Å². The van der Waals surface area contributed by atoms with Gasteiger partial charge in [-0.05, 0) is 83.6 Å². The molecule has 4 aromatic carbocycles. The van der Waals surface area contributed by atoms with Gasteiger partial charge in [-0.25, -0.2) is 9.59 Å². The number of hydrogen-bond acceptors (Lipinski definition) is 18. The van der Waals surface area contributed by atoms with Gasteiger partial charge in [0.2, 0.25) is 23.7 Å². The first-order valence-electron chi connectivity index (χ1n) is 27.3. The average molecular weight is 1130 g/mol. The predicted molar refractivity (Wildman–Crippen MR) is 300 cm³/mol. The Bertz CT molecular complexity index is 2580. The molecule has 2 aliphatic heterocycles. The SMILES string of the molecule is COc1cc2c(cc1OC)C(Cc1cc(OC)c(OC)c(OC)c1)[N+](C)(CC(OC(C)=O)C(=O)OCCCCCCCOC(=O)C(C[N+]1(C)CCc3cc(OC)c(OC)cc3C1Cc1cc(OC)c(OC)c(OC)c1)OC(C)=O)CC2. The normalized spacial score (nSPS) is 18.8. The fourth-order valence-corrected chi connectivity index (χ4v) is 11.5. The molecule has 2 aliphatic rings. The minimum Gasteiger partial charge on any atom is -0.493 e. The van der Waals surface area contributed by atoms with E-state index < -0.39 is 36.1 Å². The molecule has 0 bridgehead atoms. The maximum Gasteiger partial charge on any atom is 0.353 e. The first-order valence-corrected chi connectivity index (χ1v) is 27.3. The van der Waals surface area contributed by atoms with Gasteiger partial charge in [-0.1, -0.05) is 19.3 Å². The number of hydrogen-bond donors (Lipinski definition) is 0. The second kappa shape index (κ2) is 28.9. The molecule has 2 heterocycles. The van der Waals surface area contributed by atoms with E-state index in [2.05, 4.69) is 14.1 Å². The number of carbonyl (C=O) groups excluding carboxylic acids is 4. The number of carbonyl (C=O) groups is 4. The molecular weight excluding hydrogens is 1050 g/mol. The highest BCUT2D eigenvalue weighted by Gasteiger charge is 2.46. The Morgan fingerprint density at radius 2 is 0.741 bits per heavy atom. The number of benzene rings is 4. The van der Waals surface area contributed by atoms with Crippen LogP contribution in [-0.2, 0) is 63.8 Å². The lowest BCUT2D eigenvalue weighted by atomic mass is 9.85. The number of nitrogens with zero attached hydrogens (tertiary/aromatic N) is 2. The highest BCUT2D eigenvalue weighted by atomic mass is 16.6. The molecule has 0 saturated heterocycles. The van der Waals surface area contributed by atoms with E-state index in [1.54, 1.807) is 71.1 Å². The molecule has 444 valence electrons. The zero-order valence-electron chi connectivity index (χ0n) is 49.8. The molecule has 0 fully saturated rings. The average Bonchev–Trinajstić information content (AvgIpc) is 3.51. The standard InChI is InChI=1S/C61H84N2O18/c1-38(64)80-56(36-62(3)22-20-42-32-48(68-5)50(70-7)34-44(42)46(62)26-40-28-52(72-9)58(76-13)53(29-40)73-10)60(66)78-24-18-16-15-17-19-25-79-61(67)57(81-39(2)65)37-63(4)23-21-43-33-49(69-6)51(71-8)35-45(43)47(63)27-41-30-54(74-11)59(77-14)55(31-41)75-12/h28-35,46-47,56-57H,15-27,36-37H2,1-14H3/q+2. The highest BCUT2D eigenvalue weighted by molar-refractivity contribution is 5.79. The Labute approximate surface area is 476 Å². The van der Waals surface area contributed by atoms with Crippen molar-refractivity contribution in [3.8, 4) is 57.5 Å². The molecule has 0 N–H and O–H groups in total. The van der Waals surface area contributed by atoms with Crippen molar-refractivity contribution in [2.75, 3.05) is 125 Å². The first kappa shape index (κ1) is 62.9. The second-order valence-electron chi connectivity index (χ2n) is 20.9. The van der Waals surface area contributed by atoms with Crippen LogP contribution < -0.4 is 47.4 Å². The van der Waals surface area contributed by atoms with Crippen LogP contribution in [0.2, 0.25) is 0 Å². The van der Waals surface area contributed by atoms with Crippen LogP contribution in [0.3, 0.4) is 0 Å².